The Balaban J connectivity index is 1.79. The standard InChI is InChI=1S/C21H19FN2O3/c1-14-6-3-10-19(15(14)2)23-20(25)18-9-5-11-24(21(18)26)27-13-16-7-4-8-17(22)12-16/h3-12H,13H2,1-2H3,(H,23,25). The highest BCUT2D eigenvalue weighted by Gasteiger charge is 2.14. The van der Waals surface area contributed by atoms with Crippen LogP contribution in [-0.4, -0.2) is 10.6 Å². The zero-order chi connectivity index (χ0) is 19.4. The molecule has 0 aliphatic rings. The van der Waals surface area contributed by atoms with Gasteiger partial charge in [0.2, 0.25) is 0 Å². The predicted octanol–water partition coefficient (Wildman–Crippen LogP) is 3.49. The number of aromatic nitrogens is 1. The van der Waals surface area contributed by atoms with E-state index in [1.165, 1.54) is 24.4 Å². The van der Waals surface area contributed by atoms with Gasteiger partial charge in [-0.3, -0.25) is 9.59 Å². The summed E-state index contributed by atoms with van der Waals surface area (Å²) in [6.45, 7) is 3.84. The first kappa shape index (κ1) is 18.4. The first-order valence-corrected chi connectivity index (χ1v) is 8.42. The Labute approximate surface area is 156 Å². The summed E-state index contributed by atoms with van der Waals surface area (Å²) < 4.78 is 14.2. The second kappa shape index (κ2) is 7.86. The van der Waals surface area contributed by atoms with Crippen molar-refractivity contribution in [1.82, 2.24) is 4.73 Å². The van der Waals surface area contributed by atoms with E-state index in [9.17, 15) is 14.0 Å². The molecule has 138 valence electrons. The Hall–Kier alpha value is -3.41. The summed E-state index contributed by atoms with van der Waals surface area (Å²) in [7, 11) is 0. The number of hydrogen-bond acceptors (Lipinski definition) is 3. The van der Waals surface area contributed by atoms with Crippen LogP contribution in [0.5, 0.6) is 0 Å². The fraction of sp³-hybridized carbons (Fsp3) is 0.143. The molecule has 1 heterocycles. The van der Waals surface area contributed by atoms with Gasteiger partial charge in [0.05, 0.1) is 0 Å². The molecule has 1 N–H and O–H groups in total. The van der Waals surface area contributed by atoms with E-state index in [2.05, 4.69) is 5.32 Å². The minimum atomic E-state index is -0.586. The molecule has 0 saturated heterocycles. The van der Waals surface area contributed by atoms with Crippen molar-refractivity contribution in [2.24, 2.45) is 0 Å². The summed E-state index contributed by atoms with van der Waals surface area (Å²) in [5, 5.41) is 2.76. The first-order valence-electron chi connectivity index (χ1n) is 8.42. The molecule has 5 nitrogen and oxygen atoms in total. The fourth-order valence-corrected chi connectivity index (χ4v) is 2.60. The van der Waals surface area contributed by atoms with E-state index in [1.54, 1.807) is 24.3 Å². The lowest BCUT2D eigenvalue weighted by atomic mass is 10.1. The van der Waals surface area contributed by atoms with Gasteiger partial charge in [0, 0.05) is 11.9 Å². The molecule has 0 atom stereocenters. The van der Waals surface area contributed by atoms with Crippen LogP contribution in [0.25, 0.3) is 0 Å². The topological polar surface area (TPSA) is 60.3 Å². The lowest BCUT2D eigenvalue weighted by molar-refractivity contribution is 0.0862. The zero-order valence-electron chi connectivity index (χ0n) is 15.0. The van der Waals surface area contributed by atoms with Crippen LogP contribution in [0, 0.1) is 19.7 Å². The Kier molecular flexibility index (Phi) is 5.35. The summed E-state index contributed by atoms with van der Waals surface area (Å²) in [6, 6.07) is 14.4. The number of benzene rings is 2. The summed E-state index contributed by atoms with van der Waals surface area (Å²) in [4.78, 5) is 30.5. The highest BCUT2D eigenvalue weighted by atomic mass is 19.1. The molecule has 27 heavy (non-hydrogen) atoms. The Morgan fingerprint density at radius 1 is 1.11 bits per heavy atom. The van der Waals surface area contributed by atoms with Gasteiger partial charge in [-0.1, -0.05) is 24.3 Å². The number of aryl methyl sites for hydroxylation is 1. The van der Waals surface area contributed by atoms with E-state index < -0.39 is 11.5 Å². The fourth-order valence-electron chi connectivity index (χ4n) is 2.60. The van der Waals surface area contributed by atoms with Crippen molar-refractivity contribution in [1.29, 1.82) is 0 Å². The number of pyridine rings is 1. The van der Waals surface area contributed by atoms with Crippen molar-refractivity contribution in [2.75, 3.05) is 5.32 Å². The second-order valence-corrected chi connectivity index (χ2v) is 6.16. The predicted molar refractivity (Wildman–Crippen MR) is 101 cm³/mol. The van der Waals surface area contributed by atoms with Crippen LogP contribution in [0.15, 0.2) is 65.6 Å². The molecule has 0 fully saturated rings. The second-order valence-electron chi connectivity index (χ2n) is 6.16. The number of carbonyl (C=O) groups is 1. The number of amides is 1. The van der Waals surface area contributed by atoms with Gasteiger partial charge in [0.1, 0.15) is 18.0 Å². The first-order chi connectivity index (χ1) is 13.0. The highest BCUT2D eigenvalue weighted by Crippen LogP contribution is 2.18. The number of hydrogen-bond donors (Lipinski definition) is 1. The molecule has 1 amide bonds. The maximum Gasteiger partial charge on any atom is 0.295 e. The largest absolute Gasteiger partial charge is 0.406 e. The lowest BCUT2D eigenvalue weighted by Gasteiger charge is -2.12. The molecule has 2 aromatic carbocycles. The van der Waals surface area contributed by atoms with Crippen molar-refractivity contribution in [3.05, 3.63) is 99.2 Å². The number of anilines is 1. The molecule has 0 spiro atoms. The molecular weight excluding hydrogens is 347 g/mol. The number of nitrogens with zero attached hydrogens (tertiary/aromatic N) is 1. The molecule has 0 unspecified atom stereocenters. The monoisotopic (exact) mass is 366 g/mol. The molecule has 0 radical (unpaired) electrons. The SMILES string of the molecule is Cc1cccc(NC(=O)c2cccn(OCc3cccc(F)c3)c2=O)c1C. The van der Waals surface area contributed by atoms with Crippen LogP contribution in [0.3, 0.4) is 0 Å². The van der Waals surface area contributed by atoms with E-state index in [1.807, 2.05) is 26.0 Å². The summed E-state index contributed by atoms with van der Waals surface area (Å²) >= 11 is 0. The van der Waals surface area contributed by atoms with Crippen LogP contribution in [0.4, 0.5) is 10.1 Å². The van der Waals surface area contributed by atoms with Crippen LogP contribution in [-0.2, 0) is 6.61 Å². The van der Waals surface area contributed by atoms with Crippen LogP contribution in [0.1, 0.15) is 27.0 Å². The summed E-state index contributed by atoms with van der Waals surface area (Å²) in [6.07, 6.45) is 1.41. The van der Waals surface area contributed by atoms with Gasteiger partial charge in [-0.05, 0) is 60.9 Å². The van der Waals surface area contributed by atoms with E-state index in [-0.39, 0.29) is 18.0 Å². The molecule has 0 aliphatic heterocycles. The third-order valence-corrected chi connectivity index (χ3v) is 4.27. The van der Waals surface area contributed by atoms with Crippen molar-refractivity contribution in [3.8, 4) is 0 Å². The van der Waals surface area contributed by atoms with Crippen LogP contribution >= 0.6 is 0 Å². The van der Waals surface area contributed by atoms with E-state index in [0.717, 1.165) is 15.9 Å². The van der Waals surface area contributed by atoms with Gasteiger partial charge < -0.3 is 10.2 Å². The van der Waals surface area contributed by atoms with Gasteiger partial charge in [0.15, 0.2) is 0 Å². The average Bonchev–Trinajstić information content (AvgIpc) is 2.64. The van der Waals surface area contributed by atoms with Crippen LogP contribution in [0.2, 0.25) is 0 Å². The maximum atomic E-state index is 13.2. The number of carbonyl (C=O) groups excluding carboxylic acids is 1. The van der Waals surface area contributed by atoms with Crippen LogP contribution < -0.4 is 15.7 Å². The molecule has 6 heteroatoms. The number of halogens is 1. The quantitative estimate of drug-likeness (QED) is 0.752. The third-order valence-electron chi connectivity index (χ3n) is 4.27. The van der Waals surface area contributed by atoms with Gasteiger partial charge in [0.25, 0.3) is 11.5 Å². The van der Waals surface area contributed by atoms with Crippen molar-refractivity contribution in [3.63, 3.8) is 0 Å². The molecule has 0 saturated carbocycles. The average molecular weight is 366 g/mol. The van der Waals surface area contributed by atoms with Gasteiger partial charge >= 0.3 is 0 Å². The van der Waals surface area contributed by atoms with Gasteiger partial charge in [-0.2, -0.15) is 4.73 Å². The van der Waals surface area contributed by atoms with Gasteiger partial charge in [-0.25, -0.2) is 4.39 Å². The Bertz CT molecular complexity index is 1040. The summed E-state index contributed by atoms with van der Waals surface area (Å²) in [5.74, 6) is -0.900. The van der Waals surface area contributed by atoms with Gasteiger partial charge in [-0.15, -0.1) is 0 Å². The van der Waals surface area contributed by atoms with E-state index in [0.29, 0.717) is 11.3 Å². The minimum Gasteiger partial charge on any atom is -0.406 e. The van der Waals surface area contributed by atoms with Crippen molar-refractivity contribution in [2.45, 2.75) is 20.5 Å². The lowest BCUT2D eigenvalue weighted by Crippen LogP contribution is -2.32. The molecule has 0 bridgehead atoms. The van der Waals surface area contributed by atoms with Crippen molar-refractivity contribution < 1.29 is 14.0 Å². The molecule has 3 rings (SSSR count). The number of rotatable bonds is 5. The number of nitrogens with one attached hydrogen (secondary N) is 1. The third kappa shape index (κ3) is 4.23. The molecular formula is C21H19FN2O3. The molecule has 1 aromatic heterocycles. The van der Waals surface area contributed by atoms with Crippen molar-refractivity contribution >= 4 is 11.6 Å². The maximum absolute atomic E-state index is 13.2. The zero-order valence-corrected chi connectivity index (χ0v) is 15.0. The van der Waals surface area contributed by atoms with E-state index >= 15 is 0 Å². The summed E-state index contributed by atoms with van der Waals surface area (Å²) in [5.41, 5.74) is 2.57. The Morgan fingerprint density at radius 2 is 1.89 bits per heavy atom. The Morgan fingerprint density at radius 3 is 2.67 bits per heavy atom. The highest BCUT2D eigenvalue weighted by molar-refractivity contribution is 6.04. The normalized spacial score (nSPS) is 10.5. The van der Waals surface area contributed by atoms with E-state index in [4.69, 9.17) is 4.84 Å². The minimum absolute atomic E-state index is 0.000271. The molecule has 3 aromatic rings. The smallest absolute Gasteiger partial charge is 0.295 e. The molecule has 0 aliphatic carbocycles.